The number of thiazole rings is 1. The third-order valence-corrected chi connectivity index (χ3v) is 4.33. The van der Waals surface area contributed by atoms with Crippen LogP contribution in [0.15, 0.2) is 5.38 Å². The molecule has 0 aliphatic heterocycles. The summed E-state index contributed by atoms with van der Waals surface area (Å²) in [6, 6.07) is 0. The number of hydrogen-bond donors (Lipinski definition) is 2. The molecule has 1 aromatic rings. The van der Waals surface area contributed by atoms with Crippen molar-refractivity contribution in [3.63, 3.8) is 0 Å². The first kappa shape index (κ1) is 11.9. The van der Waals surface area contributed by atoms with Crippen LogP contribution in [0.5, 0.6) is 0 Å². The van der Waals surface area contributed by atoms with Gasteiger partial charge in [-0.2, -0.15) is 0 Å². The molecule has 1 saturated carbocycles. The largest absolute Gasteiger partial charge is 0.396 e. The van der Waals surface area contributed by atoms with Crippen molar-refractivity contribution in [1.29, 1.82) is 0 Å². The number of aliphatic hydroxyl groups excluding tert-OH is 1. The molecule has 0 amide bonds. The molecule has 1 aliphatic carbocycles. The molecule has 4 heteroatoms. The molecule has 1 aliphatic rings. The molecular formula is C12H20N2OS. The first-order valence-corrected chi connectivity index (χ1v) is 7.00. The summed E-state index contributed by atoms with van der Waals surface area (Å²) in [6.45, 7) is 3.42. The van der Waals surface area contributed by atoms with Crippen molar-refractivity contribution < 1.29 is 5.11 Å². The second kappa shape index (κ2) is 5.64. The minimum Gasteiger partial charge on any atom is -0.396 e. The second-order valence-electron chi connectivity index (χ2n) is 4.51. The van der Waals surface area contributed by atoms with Gasteiger partial charge in [-0.05, 0) is 31.1 Å². The molecule has 2 atom stereocenters. The fraction of sp³-hybridized carbons (Fsp3) is 0.750. The summed E-state index contributed by atoms with van der Waals surface area (Å²) < 4.78 is 0. The second-order valence-corrected chi connectivity index (χ2v) is 5.37. The fourth-order valence-electron chi connectivity index (χ4n) is 2.39. The van der Waals surface area contributed by atoms with Gasteiger partial charge in [0, 0.05) is 18.5 Å². The topological polar surface area (TPSA) is 45.1 Å². The Bertz CT molecular complexity index is 327. The summed E-state index contributed by atoms with van der Waals surface area (Å²) >= 11 is 1.68. The molecule has 16 heavy (non-hydrogen) atoms. The average Bonchev–Trinajstić information content (AvgIpc) is 2.94. The van der Waals surface area contributed by atoms with Crippen molar-refractivity contribution in [3.8, 4) is 0 Å². The van der Waals surface area contributed by atoms with E-state index in [1.54, 1.807) is 11.3 Å². The predicted molar refractivity (Wildman–Crippen MR) is 67.9 cm³/mol. The van der Waals surface area contributed by atoms with E-state index in [0.717, 1.165) is 23.8 Å². The minimum atomic E-state index is 0.338. The molecule has 1 fully saturated rings. The summed E-state index contributed by atoms with van der Waals surface area (Å²) in [5, 5.41) is 15.8. The van der Waals surface area contributed by atoms with Crippen LogP contribution in [0.4, 0.5) is 5.13 Å². The Morgan fingerprint density at radius 2 is 2.31 bits per heavy atom. The zero-order chi connectivity index (χ0) is 11.4. The highest BCUT2D eigenvalue weighted by Crippen LogP contribution is 2.31. The van der Waals surface area contributed by atoms with Gasteiger partial charge in [0.2, 0.25) is 0 Å². The molecule has 90 valence electrons. The number of nitrogens with one attached hydrogen (secondary N) is 1. The zero-order valence-electron chi connectivity index (χ0n) is 9.78. The van der Waals surface area contributed by atoms with E-state index in [1.807, 2.05) is 0 Å². The highest BCUT2D eigenvalue weighted by atomic mass is 32.1. The molecule has 0 bridgehead atoms. The predicted octanol–water partition coefficient (Wildman–Crippen LogP) is 2.53. The monoisotopic (exact) mass is 240 g/mol. The van der Waals surface area contributed by atoms with E-state index < -0.39 is 0 Å². The lowest BCUT2D eigenvalue weighted by atomic mass is 9.97. The highest BCUT2D eigenvalue weighted by Gasteiger charge is 2.26. The summed E-state index contributed by atoms with van der Waals surface area (Å²) in [5.41, 5.74) is 1.16. The van der Waals surface area contributed by atoms with Gasteiger partial charge in [-0.15, -0.1) is 11.3 Å². The maximum absolute atomic E-state index is 9.24. The van der Waals surface area contributed by atoms with E-state index >= 15 is 0 Å². The molecule has 2 N–H and O–H groups in total. The number of aromatic nitrogens is 1. The van der Waals surface area contributed by atoms with E-state index in [1.165, 1.54) is 19.3 Å². The van der Waals surface area contributed by atoms with Crippen LogP contribution in [0.1, 0.15) is 31.9 Å². The molecule has 0 saturated heterocycles. The molecule has 2 rings (SSSR count). The Hall–Kier alpha value is -0.610. The Morgan fingerprint density at radius 1 is 1.50 bits per heavy atom. The van der Waals surface area contributed by atoms with Gasteiger partial charge in [-0.1, -0.05) is 13.3 Å². The van der Waals surface area contributed by atoms with Crippen LogP contribution in [0.3, 0.4) is 0 Å². The molecule has 0 radical (unpaired) electrons. The van der Waals surface area contributed by atoms with E-state index in [9.17, 15) is 5.11 Å². The van der Waals surface area contributed by atoms with Crippen LogP contribution in [0.2, 0.25) is 0 Å². The smallest absolute Gasteiger partial charge is 0.182 e. The molecule has 0 aromatic carbocycles. The third-order valence-electron chi connectivity index (χ3n) is 3.48. The third kappa shape index (κ3) is 2.74. The van der Waals surface area contributed by atoms with Crippen LogP contribution in [0, 0.1) is 11.8 Å². The molecule has 2 unspecified atom stereocenters. The summed E-state index contributed by atoms with van der Waals surface area (Å²) in [7, 11) is 0. The summed E-state index contributed by atoms with van der Waals surface area (Å²) in [5.74, 6) is 1.12. The minimum absolute atomic E-state index is 0.338. The van der Waals surface area contributed by atoms with E-state index in [-0.39, 0.29) is 0 Å². The van der Waals surface area contributed by atoms with Gasteiger partial charge in [0.05, 0.1) is 5.69 Å². The lowest BCUT2D eigenvalue weighted by Crippen LogP contribution is -2.20. The van der Waals surface area contributed by atoms with Crippen molar-refractivity contribution in [2.75, 3.05) is 18.5 Å². The quantitative estimate of drug-likeness (QED) is 0.831. The van der Waals surface area contributed by atoms with Gasteiger partial charge >= 0.3 is 0 Å². The van der Waals surface area contributed by atoms with Crippen LogP contribution < -0.4 is 5.32 Å². The van der Waals surface area contributed by atoms with Gasteiger partial charge in [-0.3, -0.25) is 0 Å². The van der Waals surface area contributed by atoms with Gasteiger partial charge < -0.3 is 10.4 Å². The normalized spacial score (nSPS) is 24.9. The zero-order valence-corrected chi connectivity index (χ0v) is 10.6. The van der Waals surface area contributed by atoms with Gasteiger partial charge in [0.25, 0.3) is 0 Å². The van der Waals surface area contributed by atoms with Gasteiger partial charge in [0.15, 0.2) is 5.13 Å². The molecular weight excluding hydrogens is 220 g/mol. The first-order chi connectivity index (χ1) is 7.83. The van der Waals surface area contributed by atoms with E-state index in [2.05, 4.69) is 22.6 Å². The van der Waals surface area contributed by atoms with Crippen LogP contribution in [-0.2, 0) is 6.42 Å². The standard InChI is InChI=1S/C12H20N2OS/c1-2-11-8-16-12(14-11)13-6-9-4-3-5-10(9)7-15/h8-10,15H,2-7H2,1H3,(H,13,14). The van der Waals surface area contributed by atoms with Crippen molar-refractivity contribution in [1.82, 2.24) is 4.98 Å². The Balaban J connectivity index is 1.82. The Morgan fingerprint density at radius 3 is 3.00 bits per heavy atom. The number of nitrogens with zero attached hydrogens (tertiary/aromatic N) is 1. The molecule has 0 spiro atoms. The summed E-state index contributed by atoms with van der Waals surface area (Å²) in [6.07, 6.45) is 4.68. The Labute approximate surface area is 101 Å². The number of anilines is 1. The maximum Gasteiger partial charge on any atom is 0.182 e. The lowest BCUT2D eigenvalue weighted by Gasteiger charge is -2.17. The fourth-order valence-corrected chi connectivity index (χ4v) is 3.20. The van der Waals surface area contributed by atoms with Gasteiger partial charge in [-0.25, -0.2) is 4.98 Å². The van der Waals surface area contributed by atoms with Crippen LogP contribution in [0.25, 0.3) is 0 Å². The van der Waals surface area contributed by atoms with Crippen molar-refractivity contribution in [2.24, 2.45) is 11.8 Å². The number of rotatable bonds is 5. The number of hydrogen-bond acceptors (Lipinski definition) is 4. The summed E-state index contributed by atoms with van der Waals surface area (Å²) in [4.78, 5) is 4.49. The molecule has 1 aromatic heterocycles. The van der Waals surface area contributed by atoms with Crippen LogP contribution in [-0.4, -0.2) is 23.2 Å². The van der Waals surface area contributed by atoms with Crippen molar-refractivity contribution in [2.45, 2.75) is 32.6 Å². The average molecular weight is 240 g/mol. The van der Waals surface area contributed by atoms with E-state index in [0.29, 0.717) is 18.4 Å². The lowest BCUT2D eigenvalue weighted by molar-refractivity contribution is 0.199. The SMILES string of the molecule is CCc1csc(NCC2CCCC2CO)n1. The van der Waals surface area contributed by atoms with Crippen molar-refractivity contribution in [3.05, 3.63) is 11.1 Å². The maximum atomic E-state index is 9.24. The van der Waals surface area contributed by atoms with E-state index in [4.69, 9.17) is 0 Å². The number of aliphatic hydroxyl groups is 1. The first-order valence-electron chi connectivity index (χ1n) is 6.12. The highest BCUT2D eigenvalue weighted by molar-refractivity contribution is 7.13. The Kier molecular flexibility index (Phi) is 4.18. The van der Waals surface area contributed by atoms with Crippen molar-refractivity contribution >= 4 is 16.5 Å². The number of aryl methyl sites for hydroxylation is 1. The van der Waals surface area contributed by atoms with Crippen LogP contribution >= 0.6 is 11.3 Å². The molecule has 1 heterocycles. The molecule has 3 nitrogen and oxygen atoms in total. The van der Waals surface area contributed by atoms with Gasteiger partial charge in [0.1, 0.15) is 0 Å².